The average Bonchev–Trinajstić information content (AvgIpc) is 2.63. The number of esters is 1. The van der Waals surface area contributed by atoms with Gasteiger partial charge in [-0.1, -0.05) is 0 Å². The molecule has 0 aliphatic rings. The molecule has 0 rings (SSSR count). The molecular weight excluding hydrogens is 338 g/mol. The van der Waals surface area contributed by atoms with E-state index in [9.17, 15) is 30.0 Å². The van der Waals surface area contributed by atoms with Gasteiger partial charge in [0.15, 0.2) is 18.2 Å². The van der Waals surface area contributed by atoms with Crippen molar-refractivity contribution in [2.24, 2.45) is 4.99 Å². The van der Waals surface area contributed by atoms with Gasteiger partial charge in [-0.15, -0.1) is 0 Å². The molecule has 4 atom stereocenters. The van der Waals surface area contributed by atoms with Gasteiger partial charge in [0.1, 0.15) is 12.2 Å². The minimum Gasteiger partial charge on any atom is -0.467 e. The number of carbonyl (C=O) groups excluding carboxylic acids is 2. The number of ether oxygens (including phenoxy) is 1. The number of methoxy groups -OCH3 is 1. The molecule has 0 aliphatic carbocycles. The number of aliphatic hydroxyl groups is 4. The van der Waals surface area contributed by atoms with Crippen LogP contribution in [0.3, 0.4) is 0 Å². The molecule has 0 spiro atoms. The van der Waals surface area contributed by atoms with Gasteiger partial charge in [-0.25, -0.2) is 4.79 Å². The van der Waals surface area contributed by atoms with Crippen molar-refractivity contribution in [2.45, 2.75) is 24.4 Å². The molecule has 0 aromatic heterocycles. The number of aliphatic hydroxyl groups excluding tert-OH is 4. The summed E-state index contributed by atoms with van der Waals surface area (Å²) in [4.78, 5) is 26.7. The molecule has 0 fully saturated rings. The molecule has 12 nitrogen and oxygen atoms in total. The Balaban J connectivity index is 4.31. The van der Waals surface area contributed by atoms with Gasteiger partial charge >= 0.3 is 5.97 Å². The topological polar surface area (TPSA) is 200 Å². The summed E-state index contributed by atoms with van der Waals surface area (Å²) < 4.78 is 4.19. The van der Waals surface area contributed by atoms with Crippen molar-refractivity contribution in [1.82, 2.24) is 16.0 Å². The first-order valence-corrected chi connectivity index (χ1v) is 7.61. The van der Waals surface area contributed by atoms with E-state index in [4.69, 9.17) is 0 Å². The van der Waals surface area contributed by atoms with E-state index < -0.39 is 36.3 Å². The van der Waals surface area contributed by atoms with Crippen LogP contribution < -0.4 is 21.7 Å². The van der Waals surface area contributed by atoms with E-state index in [1.54, 1.807) is 7.05 Å². The standard InChI is InChI=1S/C13H27N5O7/c1-15-13(17-4-3-14)18-6-5-16-11(23)9(21)7(19)8(20)10(22)12(24)25-2/h7-10,19-22H,3-6,14H2,1-2H3,(H,16,23)(H2,15,17,18)/p+1/t7-,8+,9+,10-/m1/s1. The molecule has 0 radical (unpaired) electrons. The molecule has 10 N–H and O–H groups in total. The van der Waals surface area contributed by atoms with Crippen molar-refractivity contribution in [3.63, 3.8) is 0 Å². The van der Waals surface area contributed by atoms with Crippen molar-refractivity contribution in [1.29, 1.82) is 0 Å². The Kier molecular flexibility index (Phi) is 11.4. The lowest BCUT2D eigenvalue weighted by atomic mass is 10.0. The molecule has 1 amide bonds. The molecule has 0 unspecified atom stereocenters. The molecule has 0 heterocycles. The van der Waals surface area contributed by atoms with Gasteiger partial charge in [-0.2, -0.15) is 0 Å². The van der Waals surface area contributed by atoms with Crippen LogP contribution in [0.1, 0.15) is 0 Å². The monoisotopic (exact) mass is 366 g/mol. The van der Waals surface area contributed by atoms with Crippen molar-refractivity contribution < 1.29 is 40.5 Å². The molecular formula is C13H28N5O7+. The Morgan fingerprint density at radius 3 is 2.04 bits per heavy atom. The number of rotatable bonds is 10. The Bertz CT molecular complexity index is 448. The summed E-state index contributed by atoms with van der Waals surface area (Å²) in [5.41, 5.74) is 3.67. The van der Waals surface area contributed by atoms with Crippen molar-refractivity contribution in [3.05, 3.63) is 0 Å². The van der Waals surface area contributed by atoms with Gasteiger partial charge < -0.3 is 46.8 Å². The Morgan fingerprint density at radius 1 is 1.00 bits per heavy atom. The molecule has 12 heteroatoms. The predicted octanol–water partition coefficient (Wildman–Crippen LogP) is -5.87. The second-order valence-corrected chi connectivity index (χ2v) is 4.96. The molecule has 0 aliphatic heterocycles. The Morgan fingerprint density at radius 2 is 1.52 bits per heavy atom. The summed E-state index contributed by atoms with van der Waals surface area (Å²) in [6, 6.07) is 0. The van der Waals surface area contributed by atoms with Crippen molar-refractivity contribution in [3.8, 4) is 0 Å². The highest BCUT2D eigenvalue weighted by Gasteiger charge is 2.37. The van der Waals surface area contributed by atoms with Crippen LogP contribution in [0.5, 0.6) is 0 Å². The number of nitrogens with one attached hydrogen (secondary N) is 3. The van der Waals surface area contributed by atoms with E-state index in [-0.39, 0.29) is 13.1 Å². The highest BCUT2D eigenvalue weighted by Crippen LogP contribution is 2.06. The molecule has 0 aromatic carbocycles. The molecule has 25 heavy (non-hydrogen) atoms. The number of quaternary nitrogens is 1. The summed E-state index contributed by atoms with van der Waals surface area (Å²) >= 11 is 0. The fourth-order valence-electron chi connectivity index (χ4n) is 1.69. The SMILES string of the molecule is CN=C(NCC[NH3+])NCCNC(=O)[C@@H](O)[C@H](O)[C@H](O)[C@@H](O)C(=O)OC. The first kappa shape index (κ1) is 23.0. The van der Waals surface area contributed by atoms with Crippen LogP contribution in [0.4, 0.5) is 0 Å². The molecule has 0 saturated carbocycles. The summed E-state index contributed by atoms with van der Waals surface area (Å²) in [6.45, 7) is 1.65. The summed E-state index contributed by atoms with van der Waals surface area (Å²) in [7, 11) is 2.55. The second-order valence-electron chi connectivity index (χ2n) is 4.96. The lowest BCUT2D eigenvalue weighted by Gasteiger charge is -2.24. The third-order valence-electron chi connectivity index (χ3n) is 3.12. The maximum Gasteiger partial charge on any atom is 0.337 e. The third kappa shape index (κ3) is 8.09. The third-order valence-corrected chi connectivity index (χ3v) is 3.12. The van der Waals surface area contributed by atoms with Gasteiger partial charge in [0.2, 0.25) is 0 Å². The van der Waals surface area contributed by atoms with Crippen molar-refractivity contribution >= 4 is 17.8 Å². The van der Waals surface area contributed by atoms with E-state index in [1.165, 1.54) is 0 Å². The van der Waals surface area contributed by atoms with E-state index in [0.29, 0.717) is 19.0 Å². The summed E-state index contributed by atoms with van der Waals surface area (Å²) in [6.07, 6.45) is -8.30. The lowest BCUT2D eigenvalue weighted by molar-refractivity contribution is -0.364. The normalized spacial score (nSPS) is 16.4. The number of aliphatic imine (C=N–C) groups is 1. The fraction of sp³-hybridized carbons (Fsp3) is 0.769. The van der Waals surface area contributed by atoms with Crippen LogP contribution in [0, 0.1) is 0 Å². The number of carbonyl (C=O) groups is 2. The minimum absolute atomic E-state index is 0.0866. The largest absolute Gasteiger partial charge is 0.467 e. The van der Waals surface area contributed by atoms with Crippen LogP contribution in [0.15, 0.2) is 4.99 Å². The average molecular weight is 366 g/mol. The van der Waals surface area contributed by atoms with E-state index in [0.717, 1.165) is 7.11 Å². The van der Waals surface area contributed by atoms with Crippen LogP contribution in [-0.2, 0) is 14.3 Å². The number of amides is 1. The van der Waals surface area contributed by atoms with Crippen LogP contribution in [-0.4, -0.2) is 103 Å². The lowest BCUT2D eigenvalue weighted by Crippen LogP contribution is -2.56. The zero-order chi connectivity index (χ0) is 19.4. The Labute approximate surface area is 145 Å². The first-order chi connectivity index (χ1) is 11.8. The smallest absolute Gasteiger partial charge is 0.337 e. The van der Waals surface area contributed by atoms with Crippen LogP contribution in [0.2, 0.25) is 0 Å². The fourth-order valence-corrected chi connectivity index (χ4v) is 1.69. The second kappa shape index (κ2) is 12.4. The van der Waals surface area contributed by atoms with Crippen LogP contribution in [0.25, 0.3) is 0 Å². The maximum absolute atomic E-state index is 11.7. The number of guanidine groups is 1. The van der Waals surface area contributed by atoms with Crippen LogP contribution >= 0.6 is 0 Å². The summed E-state index contributed by atoms with van der Waals surface area (Å²) in [5.74, 6) is -1.68. The van der Waals surface area contributed by atoms with Gasteiger partial charge in [0.05, 0.1) is 20.2 Å². The maximum atomic E-state index is 11.7. The minimum atomic E-state index is -2.09. The van der Waals surface area contributed by atoms with Gasteiger partial charge in [-0.05, 0) is 0 Å². The predicted molar refractivity (Wildman–Crippen MR) is 86.2 cm³/mol. The highest BCUT2D eigenvalue weighted by atomic mass is 16.5. The van der Waals surface area contributed by atoms with Gasteiger partial charge in [0, 0.05) is 20.1 Å². The molecule has 0 bridgehead atoms. The van der Waals surface area contributed by atoms with E-state index >= 15 is 0 Å². The van der Waals surface area contributed by atoms with Gasteiger partial charge in [-0.3, -0.25) is 9.79 Å². The zero-order valence-corrected chi connectivity index (χ0v) is 14.3. The van der Waals surface area contributed by atoms with E-state index in [2.05, 4.69) is 31.4 Å². The molecule has 0 saturated heterocycles. The number of nitrogens with zero attached hydrogens (tertiary/aromatic N) is 1. The number of hydrogen-bond donors (Lipinski definition) is 8. The highest BCUT2D eigenvalue weighted by molar-refractivity contribution is 5.82. The van der Waals surface area contributed by atoms with E-state index in [1.807, 2.05) is 0 Å². The number of hydrogen-bond acceptors (Lipinski definition) is 8. The Hall–Kier alpha value is -1.99. The molecule has 146 valence electrons. The quantitative estimate of drug-likeness (QED) is 0.0802. The first-order valence-electron chi connectivity index (χ1n) is 7.61. The summed E-state index contributed by atoms with van der Waals surface area (Å²) in [5, 5.41) is 46.5. The zero-order valence-electron chi connectivity index (χ0n) is 14.3. The van der Waals surface area contributed by atoms with Gasteiger partial charge in [0.25, 0.3) is 5.91 Å². The van der Waals surface area contributed by atoms with Crippen molar-refractivity contribution in [2.75, 3.05) is 40.3 Å². The molecule has 0 aromatic rings.